The first-order valence-corrected chi connectivity index (χ1v) is 5.51. The lowest BCUT2D eigenvalue weighted by Crippen LogP contribution is -2.18. The summed E-state index contributed by atoms with van der Waals surface area (Å²) >= 11 is 0. The van der Waals surface area contributed by atoms with Crippen LogP contribution >= 0.6 is 0 Å². The van der Waals surface area contributed by atoms with Gasteiger partial charge in [0.05, 0.1) is 19.3 Å². The van der Waals surface area contributed by atoms with E-state index in [1.165, 1.54) is 0 Å². The normalized spacial score (nSPS) is 10.7. The van der Waals surface area contributed by atoms with Crippen molar-refractivity contribution in [3.8, 4) is 0 Å². The van der Waals surface area contributed by atoms with E-state index in [9.17, 15) is 4.79 Å². The van der Waals surface area contributed by atoms with Gasteiger partial charge in [0.25, 0.3) is 0 Å². The summed E-state index contributed by atoms with van der Waals surface area (Å²) in [5.41, 5.74) is 0. The predicted octanol–water partition coefficient (Wildman–Crippen LogP) is 1.77. The molecule has 0 aromatic rings. The van der Waals surface area contributed by atoms with Gasteiger partial charge in [0.1, 0.15) is 6.61 Å². The summed E-state index contributed by atoms with van der Waals surface area (Å²) in [5, 5.41) is 0. The van der Waals surface area contributed by atoms with Crippen LogP contribution in [-0.4, -0.2) is 38.5 Å². The SMILES string of the molecule is CCCCOCCOCC(=O)OC(C)C. The minimum atomic E-state index is -0.321. The fourth-order valence-corrected chi connectivity index (χ4v) is 0.919. The summed E-state index contributed by atoms with van der Waals surface area (Å²) in [6, 6.07) is 0. The zero-order valence-corrected chi connectivity index (χ0v) is 9.95. The molecule has 90 valence electrons. The van der Waals surface area contributed by atoms with Crippen LogP contribution in [0.5, 0.6) is 0 Å². The number of hydrogen-bond donors (Lipinski definition) is 0. The highest BCUT2D eigenvalue weighted by atomic mass is 16.6. The van der Waals surface area contributed by atoms with Crippen LogP contribution in [0.25, 0.3) is 0 Å². The van der Waals surface area contributed by atoms with Crippen molar-refractivity contribution in [3.63, 3.8) is 0 Å². The first kappa shape index (κ1) is 14.4. The Morgan fingerprint density at radius 2 is 1.80 bits per heavy atom. The second-order valence-corrected chi connectivity index (χ2v) is 3.56. The van der Waals surface area contributed by atoms with Gasteiger partial charge in [-0.05, 0) is 20.3 Å². The Kier molecular flexibility index (Phi) is 9.52. The van der Waals surface area contributed by atoms with Crippen molar-refractivity contribution >= 4 is 5.97 Å². The molecule has 0 atom stereocenters. The van der Waals surface area contributed by atoms with E-state index in [2.05, 4.69) is 6.92 Å². The lowest BCUT2D eigenvalue weighted by atomic mass is 10.4. The molecule has 0 bridgehead atoms. The van der Waals surface area contributed by atoms with Crippen LogP contribution in [0.1, 0.15) is 33.6 Å². The Hall–Kier alpha value is -0.610. The molecule has 0 amide bonds. The van der Waals surface area contributed by atoms with Gasteiger partial charge in [-0.3, -0.25) is 0 Å². The smallest absolute Gasteiger partial charge is 0.332 e. The van der Waals surface area contributed by atoms with Crippen molar-refractivity contribution < 1.29 is 19.0 Å². The van der Waals surface area contributed by atoms with E-state index in [4.69, 9.17) is 14.2 Å². The fraction of sp³-hybridized carbons (Fsp3) is 0.909. The van der Waals surface area contributed by atoms with Gasteiger partial charge in [-0.2, -0.15) is 0 Å². The Morgan fingerprint density at radius 3 is 2.40 bits per heavy atom. The molecular formula is C11H22O4. The molecule has 0 spiro atoms. The quantitative estimate of drug-likeness (QED) is 0.437. The van der Waals surface area contributed by atoms with Gasteiger partial charge in [0.15, 0.2) is 0 Å². The van der Waals surface area contributed by atoms with E-state index in [0.717, 1.165) is 19.4 Å². The third kappa shape index (κ3) is 11.3. The van der Waals surface area contributed by atoms with Gasteiger partial charge in [0, 0.05) is 6.61 Å². The number of hydrogen-bond acceptors (Lipinski definition) is 4. The summed E-state index contributed by atoms with van der Waals surface area (Å²) in [6.45, 7) is 7.48. The second-order valence-electron chi connectivity index (χ2n) is 3.56. The average molecular weight is 218 g/mol. The summed E-state index contributed by atoms with van der Waals surface area (Å²) in [5.74, 6) is -0.321. The van der Waals surface area contributed by atoms with E-state index in [-0.39, 0.29) is 18.7 Å². The van der Waals surface area contributed by atoms with Crippen molar-refractivity contribution in [3.05, 3.63) is 0 Å². The van der Waals surface area contributed by atoms with Gasteiger partial charge >= 0.3 is 5.97 Å². The first-order chi connectivity index (χ1) is 7.16. The number of carbonyl (C=O) groups excluding carboxylic acids is 1. The molecule has 0 saturated carbocycles. The number of esters is 1. The average Bonchev–Trinajstić information content (AvgIpc) is 2.15. The second kappa shape index (κ2) is 9.93. The lowest BCUT2D eigenvalue weighted by Gasteiger charge is -2.08. The molecule has 4 nitrogen and oxygen atoms in total. The monoisotopic (exact) mass is 218 g/mol. The van der Waals surface area contributed by atoms with Crippen LogP contribution in [0.2, 0.25) is 0 Å². The van der Waals surface area contributed by atoms with Gasteiger partial charge in [0.2, 0.25) is 0 Å². The van der Waals surface area contributed by atoms with Gasteiger partial charge < -0.3 is 14.2 Å². The van der Waals surface area contributed by atoms with E-state index >= 15 is 0 Å². The van der Waals surface area contributed by atoms with Crippen molar-refractivity contribution in [2.45, 2.75) is 39.7 Å². The maximum atomic E-state index is 11.0. The summed E-state index contributed by atoms with van der Waals surface area (Å²) in [7, 11) is 0. The van der Waals surface area contributed by atoms with Gasteiger partial charge in [-0.25, -0.2) is 4.79 Å². The largest absolute Gasteiger partial charge is 0.461 e. The molecule has 0 aliphatic carbocycles. The van der Waals surface area contributed by atoms with E-state index in [1.807, 2.05) is 13.8 Å². The summed E-state index contributed by atoms with van der Waals surface area (Å²) in [6.07, 6.45) is 2.11. The van der Waals surface area contributed by atoms with Crippen LogP contribution in [0.3, 0.4) is 0 Å². The summed E-state index contributed by atoms with van der Waals surface area (Å²) < 4.78 is 15.2. The number of carbonyl (C=O) groups is 1. The molecule has 0 aromatic heterocycles. The fourth-order valence-electron chi connectivity index (χ4n) is 0.919. The Labute approximate surface area is 91.9 Å². The zero-order chi connectivity index (χ0) is 11.5. The molecule has 0 N–H and O–H groups in total. The maximum Gasteiger partial charge on any atom is 0.332 e. The highest BCUT2D eigenvalue weighted by Crippen LogP contribution is 1.91. The molecule has 0 aliphatic rings. The minimum absolute atomic E-state index is 0.00924. The maximum absolute atomic E-state index is 11.0. The molecule has 15 heavy (non-hydrogen) atoms. The minimum Gasteiger partial charge on any atom is -0.461 e. The van der Waals surface area contributed by atoms with Crippen LogP contribution < -0.4 is 0 Å². The molecular weight excluding hydrogens is 196 g/mol. The van der Waals surface area contributed by atoms with Gasteiger partial charge in [-0.1, -0.05) is 13.3 Å². The topological polar surface area (TPSA) is 44.8 Å². The Bertz CT molecular complexity index is 157. The standard InChI is InChI=1S/C11H22O4/c1-4-5-6-13-7-8-14-9-11(12)15-10(2)3/h10H,4-9H2,1-3H3. The van der Waals surface area contributed by atoms with Crippen LogP contribution in [-0.2, 0) is 19.0 Å². The van der Waals surface area contributed by atoms with Crippen molar-refractivity contribution in [1.29, 1.82) is 0 Å². The molecule has 4 heteroatoms. The molecule has 0 heterocycles. The number of unbranched alkanes of at least 4 members (excludes halogenated alkanes) is 1. The van der Waals surface area contributed by atoms with Crippen molar-refractivity contribution in [2.75, 3.05) is 26.4 Å². The van der Waals surface area contributed by atoms with E-state index in [1.54, 1.807) is 0 Å². The van der Waals surface area contributed by atoms with Crippen LogP contribution in [0, 0.1) is 0 Å². The third-order valence-corrected chi connectivity index (χ3v) is 1.60. The van der Waals surface area contributed by atoms with Gasteiger partial charge in [-0.15, -0.1) is 0 Å². The molecule has 0 aliphatic heterocycles. The molecule has 0 unspecified atom stereocenters. The highest BCUT2D eigenvalue weighted by Gasteiger charge is 2.04. The van der Waals surface area contributed by atoms with Crippen LogP contribution in [0.4, 0.5) is 0 Å². The molecule has 0 rings (SSSR count). The summed E-state index contributed by atoms with van der Waals surface area (Å²) in [4.78, 5) is 11.0. The predicted molar refractivity (Wildman–Crippen MR) is 57.8 cm³/mol. The number of ether oxygens (including phenoxy) is 3. The lowest BCUT2D eigenvalue weighted by molar-refractivity contribution is -0.153. The number of rotatable bonds is 9. The highest BCUT2D eigenvalue weighted by molar-refractivity contribution is 5.70. The Balaban J connectivity index is 3.13. The van der Waals surface area contributed by atoms with Crippen molar-refractivity contribution in [1.82, 2.24) is 0 Å². The first-order valence-electron chi connectivity index (χ1n) is 5.51. The molecule has 0 fully saturated rings. The van der Waals surface area contributed by atoms with E-state index in [0.29, 0.717) is 13.2 Å². The van der Waals surface area contributed by atoms with Crippen molar-refractivity contribution in [2.24, 2.45) is 0 Å². The zero-order valence-electron chi connectivity index (χ0n) is 9.95. The molecule has 0 aromatic carbocycles. The third-order valence-electron chi connectivity index (χ3n) is 1.60. The van der Waals surface area contributed by atoms with E-state index < -0.39 is 0 Å². The van der Waals surface area contributed by atoms with Crippen LogP contribution in [0.15, 0.2) is 0 Å². The molecule has 0 radical (unpaired) electrons. The molecule has 0 saturated heterocycles. The Morgan fingerprint density at radius 1 is 1.13 bits per heavy atom.